The second-order valence-electron chi connectivity index (χ2n) is 8.46. The summed E-state index contributed by atoms with van der Waals surface area (Å²) in [6.45, 7) is 2.42. The number of rotatable bonds is 3. The van der Waals surface area contributed by atoms with Crippen molar-refractivity contribution in [1.82, 2.24) is 0 Å². The lowest BCUT2D eigenvalue weighted by molar-refractivity contribution is -0.143. The first-order valence-electron chi connectivity index (χ1n) is 10.3. The van der Waals surface area contributed by atoms with Crippen LogP contribution in [0.2, 0.25) is 0 Å². The van der Waals surface area contributed by atoms with Crippen molar-refractivity contribution in [3.8, 4) is 0 Å². The second-order valence-corrected chi connectivity index (χ2v) is 14.4. The average Bonchev–Trinajstić information content (AvgIpc) is 2.75. The van der Waals surface area contributed by atoms with Gasteiger partial charge in [0.05, 0.1) is 22.3 Å². The van der Waals surface area contributed by atoms with Gasteiger partial charge >= 0.3 is 24.7 Å². The molecule has 0 amide bonds. The summed E-state index contributed by atoms with van der Waals surface area (Å²) in [4.78, 5) is 0. The minimum Gasteiger partial charge on any atom is -0.166 e. The maximum atomic E-state index is 13.6. The zero-order valence-electron chi connectivity index (χ0n) is 19.1. The molecule has 3 aromatic rings. The fraction of sp³-hybridized carbons (Fsp3) is 0.250. The molecule has 0 aromatic heterocycles. The summed E-state index contributed by atoms with van der Waals surface area (Å²) in [6, 6.07) is 5.04. The Kier molecular flexibility index (Phi) is 7.75. The molecule has 206 valence electrons. The summed E-state index contributed by atoms with van der Waals surface area (Å²) >= 11 is 3.12. The van der Waals surface area contributed by atoms with E-state index >= 15 is 0 Å². The number of benzene rings is 3. The molecule has 3 rings (SSSR count). The number of hydrogen-bond acceptors (Lipinski definition) is 0. The largest absolute Gasteiger partial charge is 0.416 e. The molecule has 14 heteroatoms. The van der Waals surface area contributed by atoms with E-state index in [4.69, 9.17) is 0 Å². The standard InChI is InChI=1S/C24H15BrF12P/c1-12-3-14(21(26,27)28)8-18(5-12)38(25,19-6-13(2)4-15(9-19)22(29,30)31)20-10-16(23(32,33)34)7-17(11-20)24(35,36)37/h3-11H,1-2H3/q+1. The van der Waals surface area contributed by atoms with E-state index in [0.29, 0.717) is 36.4 Å². The number of halogens is 13. The molecule has 0 atom stereocenters. The zero-order valence-corrected chi connectivity index (χ0v) is 21.5. The summed E-state index contributed by atoms with van der Waals surface area (Å²) in [5.74, 6) is -4.15. The second kappa shape index (κ2) is 9.73. The van der Waals surface area contributed by atoms with Gasteiger partial charge < -0.3 is 0 Å². The smallest absolute Gasteiger partial charge is 0.166 e. The highest BCUT2D eigenvalue weighted by atomic mass is 79.9. The quantitative estimate of drug-likeness (QED) is 0.198. The van der Waals surface area contributed by atoms with Crippen molar-refractivity contribution >= 4 is 37.4 Å². The van der Waals surface area contributed by atoms with Gasteiger partial charge in [-0.3, -0.25) is 0 Å². The summed E-state index contributed by atoms with van der Waals surface area (Å²) < 4.78 is 163. The number of hydrogen-bond donors (Lipinski definition) is 0. The fourth-order valence-electron chi connectivity index (χ4n) is 3.77. The van der Waals surface area contributed by atoms with Crippen molar-refractivity contribution in [2.75, 3.05) is 0 Å². The van der Waals surface area contributed by atoms with E-state index in [-0.39, 0.29) is 17.2 Å². The lowest BCUT2D eigenvalue weighted by Crippen LogP contribution is -2.31. The van der Waals surface area contributed by atoms with E-state index in [1.807, 2.05) is 0 Å². The predicted octanol–water partition coefficient (Wildman–Crippen LogP) is 8.98. The molecule has 38 heavy (non-hydrogen) atoms. The number of alkyl halides is 12. The Morgan fingerprint density at radius 1 is 0.421 bits per heavy atom. The molecule has 0 saturated carbocycles. The molecule has 0 spiro atoms. The van der Waals surface area contributed by atoms with Crippen LogP contribution in [0.3, 0.4) is 0 Å². The maximum absolute atomic E-state index is 13.6. The van der Waals surface area contributed by atoms with Crippen molar-refractivity contribution in [3.05, 3.63) is 88.0 Å². The Hall–Kier alpha value is -2.27. The minimum absolute atomic E-state index is 0.0645. The van der Waals surface area contributed by atoms with Gasteiger partial charge in [-0.05, 0) is 79.6 Å². The summed E-state index contributed by atoms with van der Waals surface area (Å²) in [7, 11) is 0. The highest BCUT2D eigenvalue weighted by Crippen LogP contribution is 2.64. The van der Waals surface area contributed by atoms with Crippen LogP contribution in [-0.4, -0.2) is 0 Å². The van der Waals surface area contributed by atoms with Crippen LogP contribution in [0.15, 0.2) is 54.6 Å². The lowest BCUT2D eigenvalue weighted by atomic mass is 10.1. The summed E-state index contributed by atoms with van der Waals surface area (Å²) in [6.07, 6.45) is -20.5. The van der Waals surface area contributed by atoms with Gasteiger partial charge in [-0.25, -0.2) is 0 Å². The normalized spacial score (nSPS) is 13.7. The first kappa shape index (κ1) is 30.3. The molecule has 0 aliphatic heterocycles. The first-order chi connectivity index (χ1) is 17.0. The van der Waals surface area contributed by atoms with Crippen LogP contribution >= 0.6 is 21.5 Å². The highest BCUT2D eigenvalue weighted by Gasteiger charge is 2.50. The van der Waals surface area contributed by atoms with E-state index in [1.165, 1.54) is 13.8 Å². The van der Waals surface area contributed by atoms with Crippen LogP contribution in [-0.2, 0) is 24.7 Å². The maximum Gasteiger partial charge on any atom is 0.416 e. The SMILES string of the molecule is Cc1cc(C(F)(F)F)cc([P+](Br)(c2cc(C)cc(C(F)(F)F)c2)c2cc(C(F)(F)F)cc(C(F)(F)F)c2)c1. The van der Waals surface area contributed by atoms with E-state index in [9.17, 15) is 52.7 Å². The average molecular weight is 642 g/mol. The van der Waals surface area contributed by atoms with Crippen molar-refractivity contribution in [1.29, 1.82) is 0 Å². The molecular formula is C24H15BrF12P+. The van der Waals surface area contributed by atoms with E-state index in [2.05, 4.69) is 15.5 Å². The van der Waals surface area contributed by atoms with Crippen LogP contribution in [0.4, 0.5) is 52.7 Å². The molecule has 0 aliphatic carbocycles. The zero-order chi connectivity index (χ0) is 29.1. The Morgan fingerprint density at radius 2 is 0.658 bits per heavy atom. The summed E-state index contributed by atoms with van der Waals surface area (Å²) in [5, 5.41) is -1.61. The van der Waals surface area contributed by atoms with Crippen LogP contribution in [0.5, 0.6) is 0 Å². The molecule has 0 nitrogen and oxygen atoms in total. The van der Waals surface area contributed by atoms with E-state index in [0.717, 1.165) is 12.1 Å². The Morgan fingerprint density at radius 3 is 0.921 bits per heavy atom. The lowest BCUT2D eigenvalue weighted by Gasteiger charge is -2.24. The van der Waals surface area contributed by atoms with Crippen LogP contribution in [0.25, 0.3) is 0 Å². The monoisotopic (exact) mass is 641 g/mol. The van der Waals surface area contributed by atoms with Crippen molar-refractivity contribution < 1.29 is 52.7 Å². The molecular weight excluding hydrogens is 627 g/mol. The Balaban J connectivity index is 2.54. The number of aryl methyl sites for hydroxylation is 2. The van der Waals surface area contributed by atoms with Crippen LogP contribution < -0.4 is 15.9 Å². The predicted molar refractivity (Wildman–Crippen MR) is 124 cm³/mol. The van der Waals surface area contributed by atoms with Gasteiger partial charge in [0.15, 0.2) is 21.5 Å². The topological polar surface area (TPSA) is 0 Å². The summed E-state index contributed by atoms with van der Waals surface area (Å²) in [5.41, 5.74) is -6.21. The Labute approximate surface area is 216 Å². The third kappa shape index (κ3) is 6.30. The van der Waals surface area contributed by atoms with Gasteiger partial charge in [-0.1, -0.05) is 0 Å². The van der Waals surface area contributed by atoms with Gasteiger partial charge in [-0.15, -0.1) is 0 Å². The van der Waals surface area contributed by atoms with E-state index in [1.54, 1.807) is 0 Å². The molecule has 0 radical (unpaired) electrons. The highest BCUT2D eigenvalue weighted by molar-refractivity contribution is 9.44. The van der Waals surface area contributed by atoms with Crippen molar-refractivity contribution in [3.63, 3.8) is 0 Å². The molecule has 0 heterocycles. The molecule has 0 unspecified atom stereocenters. The molecule has 0 fully saturated rings. The molecule has 0 N–H and O–H groups in total. The first-order valence-corrected chi connectivity index (χ1v) is 14.1. The minimum atomic E-state index is -5.30. The van der Waals surface area contributed by atoms with Gasteiger partial charge in [0, 0.05) is 0 Å². The van der Waals surface area contributed by atoms with E-state index < -0.39 is 68.8 Å². The van der Waals surface area contributed by atoms with Gasteiger partial charge in [0.25, 0.3) is 0 Å². The molecule has 0 saturated heterocycles. The Bertz CT molecular complexity index is 1250. The van der Waals surface area contributed by atoms with Gasteiger partial charge in [0.1, 0.15) is 15.9 Å². The molecule has 3 aromatic carbocycles. The third-order valence-corrected chi connectivity index (χ3v) is 12.0. The van der Waals surface area contributed by atoms with Crippen LogP contribution in [0.1, 0.15) is 33.4 Å². The van der Waals surface area contributed by atoms with Crippen molar-refractivity contribution in [2.45, 2.75) is 38.6 Å². The van der Waals surface area contributed by atoms with Crippen molar-refractivity contribution in [2.24, 2.45) is 0 Å². The van der Waals surface area contributed by atoms with Gasteiger partial charge in [0.2, 0.25) is 0 Å². The third-order valence-electron chi connectivity index (χ3n) is 5.42. The molecule has 0 aliphatic rings. The fourth-order valence-corrected chi connectivity index (χ4v) is 8.54. The van der Waals surface area contributed by atoms with Crippen LogP contribution in [0, 0.1) is 13.8 Å². The van der Waals surface area contributed by atoms with Gasteiger partial charge in [-0.2, -0.15) is 52.7 Å². The molecule has 0 bridgehead atoms.